The van der Waals surface area contributed by atoms with Crippen LogP contribution in [-0.2, 0) is 16.1 Å². The van der Waals surface area contributed by atoms with Gasteiger partial charge in [-0.3, -0.25) is 9.59 Å². The van der Waals surface area contributed by atoms with Crippen LogP contribution in [-0.4, -0.2) is 23.9 Å². The summed E-state index contributed by atoms with van der Waals surface area (Å²) in [6.07, 6.45) is -11.5. The van der Waals surface area contributed by atoms with Gasteiger partial charge in [-0.15, -0.1) is 0 Å². The minimum Gasteiger partial charge on any atom is -0.326 e. The van der Waals surface area contributed by atoms with Crippen molar-refractivity contribution in [3.63, 3.8) is 0 Å². The fraction of sp³-hybridized carbons (Fsp3) is 0.385. The number of Topliss-reactive ketones (excluding diaryl/α,β-unsaturated/α-hetero) is 2. The van der Waals surface area contributed by atoms with Gasteiger partial charge >= 0.3 is 23.9 Å². The van der Waals surface area contributed by atoms with E-state index in [1.807, 2.05) is 44.2 Å². The number of carbonyl (C=O) groups excluding carboxylic acids is 2. The molecule has 1 rings (SSSR count). The first-order valence-corrected chi connectivity index (χ1v) is 5.96. The van der Waals surface area contributed by atoms with Crippen molar-refractivity contribution in [2.75, 3.05) is 0 Å². The van der Waals surface area contributed by atoms with Crippen LogP contribution in [0.25, 0.3) is 0 Å². The van der Waals surface area contributed by atoms with E-state index in [1.165, 1.54) is 5.56 Å². The highest BCUT2D eigenvalue weighted by molar-refractivity contribution is 6.41. The van der Waals surface area contributed by atoms with E-state index in [4.69, 9.17) is 5.73 Å². The first-order valence-electron chi connectivity index (χ1n) is 5.96. The monoisotopic (exact) mass is 331 g/mol. The van der Waals surface area contributed by atoms with E-state index in [9.17, 15) is 35.9 Å². The second-order valence-electron chi connectivity index (χ2n) is 3.34. The number of halogens is 6. The molecule has 1 aromatic rings. The van der Waals surface area contributed by atoms with E-state index in [0.717, 1.165) is 0 Å². The summed E-state index contributed by atoms with van der Waals surface area (Å²) in [5.41, 5.74) is 6.54. The summed E-state index contributed by atoms with van der Waals surface area (Å²) in [5, 5.41) is 0. The van der Waals surface area contributed by atoms with Gasteiger partial charge in [0.15, 0.2) is 0 Å². The second-order valence-corrected chi connectivity index (χ2v) is 3.34. The number of carbonyl (C=O) groups is 2. The SMILES string of the molecule is CC.NCc1ccccc1.O=C(C(=O)C(F)(F)F)C(F)(F)F. The summed E-state index contributed by atoms with van der Waals surface area (Å²) in [4.78, 5) is 19.2. The lowest BCUT2D eigenvalue weighted by Crippen LogP contribution is -2.39. The molecule has 0 amide bonds. The van der Waals surface area contributed by atoms with Gasteiger partial charge in [0.2, 0.25) is 0 Å². The molecule has 2 N–H and O–H groups in total. The predicted octanol–water partition coefficient (Wildman–Crippen LogP) is 3.42. The van der Waals surface area contributed by atoms with Gasteiger partial charge in [-0.25, -0.2) is 0 Å². The molecule has 0 spiro atoms. The Morgan fingerprint density at radius 2 is 1.18 bits per heavy atom. The lowest BCUT2D eigenvalue weighted by molar-refractivity contribution is -0.193. The van der Waals surface area contributed by atoms with E-state index in [1.54, 1.807) is 0 Å². The maximum Gasteiger partial charge on any atom is 0.458 e. The third-order valence-electron chi connectivity index (χ3n) is 1.80. The Balaban J connectivity index is 0. The van der Waals surface area contributed by atoms with Crippen LogP contribution >= 0.6 is 0 Å². The van der Waals surface area contributed by atoms with Crippen molar-refractivity contribution in [2.24, 2.45) is 5.73 Å². The molecule has 0 radical (unpaired) electrons. The lowest BCUT2D eigenvalue weighted by Gasteiger charge is -2.05. The van der Waals surface area contributed by atoms with Gasteiger partial charge in [-0.2, -0.15) is 26.3 Å². The van der Waals surface area contributed by atoms with Crippen molar-refractivity contribution in [3.05, 3.63) is 35.9 Å². The molecule has 0 bridgehead atoms. The highest BCUT2D eigenvalue weighted by Crippen LogP contribution is 2.23. The van der Waals surface area contributed by atoms with Crippen molar-refractivity contribution in [2.45, 2.75) is 32.7 Å². The van der Waals surface area contributed by atoms with E-state index in [0.29, 0.717) is 6.54 Å². The molecule has 9 heteroatoms. The maximum atomic E-state index is 11.2. The molecule has 0 unspecified atom stereocenters. The molecule has 0 saturated carbocycles. The standard InChI is InChI=1S/C7H9N.C4F6O2.C2H6/c8-6-7-4-2-1-3-5-7;5-3(6,7)1(11)2(12)4(8,9)10;1-2/h1-5H,6,8H2;;1-2H3. The molecule has 0 heterocycles. The third-order valence-corrected chi connectivity index (χ3v) is 1.80. The molecular weight excluding hydrogens is 316 g/mol. The summed E-state index contributed by atoms with van der Waals surface area (Å²) in [6, 6.07) is 9.99. The molecule has 0 fully saturated rings. The normalized spacial score (nSPS) is 10.6. The van der Waals surface area contributed by atoms with Crippen LogP contribution < -0.4 is 5.73 Å². The van der Waals surface area contributed by atoms with Crippen LogP contribution in [0.3, 0.4) is 0 Å². The molecule has 0 aliphatic heterocycles. The molecule has 0 aliphatic carbocycles. The van der Waals surface area contributed by atoms with Gasteiger partial charge in [0.1, 0.15) is 0 Å². The molecule has 1 aromatic carbocycles. The van der Waals surface area contributed by atoms with Crippen molar-refractivity contribution in [1.82, 2.24) is 0 Å². The quantitative estimate of drug-likeness (QED) is 0.667. The first-order chi connectivity index (χ1) is 10.00. The Kier molecular flexibility index (Phi) is 10.1. The number of hydrogen-bond acceptors (Lipinski definition) is 3. The Morgan fingerprint density at radius 1 is 0.864 bits per heavy atom. The van der Waals surface area contributed by atoms with Crippen molar-refractivity contribution in [1.29, 1.82) is 0 Å². The largest absolute Gasteiger partial charge is 0.458 e. The van der Waals surface area contributed by atoms with Crippen LogP contribution in [0, 0.1) is 0 Å². The van der Waals surface area contributed by atoms with Gasteiger partial charge in [0, 0.05) is 6.54 Å². The van der Waals surface area contributed by atoms with Crippen LogP contribution in [0.5, 0.6) is 0 Å². The van der Waals surface area contributed by atoms with Crippen molar-refractivity contribution >= 4 is 11.6 Å². The molecule has 126 valence electrons. The smallest absolute Gasteiger partial charge is 0.326 e. The average molecular weight is 331 g/mol. The Bertz CT molecular complexity index is 430. The number of rotatable bonds is 2. The van der Waals surface area contributed by atoms with Gasteiger partial charge in [-0.05, 0) is 5.56 Å². The van der Waals surface area contributed by atoms with Crippen molar-refractivity contribution in [3.8, 4) is 0 Å². The molecule has 0 saturated heterocycles. The number of ketones is 2. The third kappa shape index (κ3) is 9.11. The van der Waals surface area contributed by atoms with Crippen molar-refractivity contribution < 1.29 is 35.9 Å². The number of benzene rings is 1. The van der Waals surface area contributed by atoms with Crippen LogP contribution in [0.2, 0.25) is 0 Å². The first kappa shape index (κ1) is 22.4. The summed E-state index contributed by atoms with van der Waals surface area (Å²) in [6.45, 7) is 4.64. The van der Waals surface area contributed by atoms with E-state index < -0.39 is 23.9 Å². The van der Waals surface area contributed by atoms with Gasteiger partial charge in [-0.1, -0.05) is 44.2 Å². The Morgan fingerprint density at radius 3 is 1.36 bits per heavy atom. The van der Waals surface area contributed by atoms with Crippen LogP contribution in [0.15, 0.2) is 30.3 Å². The fourth-order valence-electron chi connectivity index (χ4n) is 0.872. The topological polar surface area (TPSA) is 60.2 Å². The lowest BCUT2D eigenvalue weighted by atomic mass is 10.2. The molecule has 0 aromatic heterocycles. The van der Waals surface area contributed by atoms with Crippen LogP contribution in [0.4, 0.5) is 26.3 Å². The minimum atomic E-state index is -5.77. The van der Waals surface area contributed by atoms with Gasteiger partial charge in [0.25, 0.3) is 0 Å². The van der Waals surface area contributed by atoms with Gasteiger partial charge < -0.3 is 5.73 Å². The maximum absolute atomic E-state index is 11.2. The zero-order chi connectivity index (χ0) is 18.0. The summed E-state index contributed by atoms with van der Waals surface area (Å²) in [5.74, 6) is -6.81. The summed E-state index contributed by atoms with van der Waals surface area (Å²) in [7, 11) is 0. The highest BCUT2D eigenvalue weighted by Gasteiger charge is 2.54. The fourth-order valence-corrected chi connectivity index (χ4v) is 0.872. The predicted molar refractivity (Wildman–Crippen MR) is 67.8 cm³/mol. The number of nitrogens with two attached hydrogens (primary N) is 1. The Labute approximate surface area is 123 Å². The average Bonchev–Trinajstić information content (AvgIpc) is 2.47. The highest BCUT2D eigenvalue weighted by atomic mass is 19.4. The number of hydrogen-bond donors (Lipinski definition) is 1. The van der Waals surface area contributed by atoms with E-state index in [-0.39, 0.29) is 0 Å². The summed E-state index contributed by atoms with van der Waals surface area (Å²) < 4.78 is 67.0. The molecule has 22 heavy (non-hydrogen) atoms. The molecule has 0 aliphatic rings. The van der Waals surface area contributed by atoms with Gasteiger partial charge in [0.05, 0.1) is 0 Å². The zero-order valence-electron chi connectivity index (χ0n) is 11.8. The van der Waals surface area contributed by atoms with E-state index >= 15 is 0 Å². The Hall–Kier alpha value is -1.90. The second kappa shape index (κ2) is 9.93. The number of alkyl halides is 6. The van der Waals surface area contributed by atoms with Crippen LogP contribution in [0.1, 0.15) is 19.4 Å². The molecule has 3 nitrogen and oxygen atoms in total. The van der Waals surface area contributed by atoms with E-state index in [2.05, 4.69) is 0 Å². The molecule has 0 atom stereocenters. The zero-order valence-corrected chi connectivity index (χ0v) is 11.8. The summed E-state index contributed by atoms with van der Waals surface area (Å²) >= 11 is 0. The minimum absolute atomic E-state index is 0.640. The molecular formula is C13H15F6NO2.